The molecule has 0 bridgehead atoms. The van der Waals surface area contributed by atoms with Crippen LogP contribution in [0.4, 0.5) is 0 Å². The topological polar surface area (TPSA) is 65.8 Å². The van der Waals surface area contributed by atoms with Gasteiger partial charge in [0.2, 0.25) is 5.91 Å². The molecule has 6 heteroatoms. The van der Waals surface area contributed by atoms with Crippen LogP contribution in [-0.4, -0.2) is 61.9 Å². The van der Waals surface area contributed by atoms with E-state index in [0.717, 1.165) is 54.9 Å². The minimum absolute atomic E-state index is 0.00695. The van der Waals surface area contributed by atoms with Crippen LogP contribution in [0.1, 0.15) is 40.3 Å². The van der Waals surface area contributed by atoms with E-state index in [9.17, 15) is 9.59 Å². The third-order valence-corrected chi connectivity index (χ3v) is 5.19. The second-order valence-corrected chi connectivity index (χ2v) is 6.97. The summed E-state index contributed by atoms with van der Waals surface area (Å²) in [4.78, 5) is 29.3. The van der Waals surface area contributed by atoms with Gasteiger partial charge in [0, 0.05) is 45.2 Å². The van der Waals surface area contributed by atoms with E-state index < -0.39 is 0 Å². The van der Waals surface area contributed by atoms with Crippen LogP contribution in [-0.2, 0) is 17.6 Å². The highest BCUT2D eigenvalue weighted by molar-refractivity contribution is 5.97. The number of rotatable bonds is 2. The largest absolute Gasteiger partial charge is 0.465 e. The summed E-state index contributed by atoms with van der Waals surface area (Å²) < 4.78 is 5.86. The van der Waals surface area contributed by atoms with Gasteiger partial charge in [-0.1, -0.05) is 0 Å². The summed E-state index contributed by atoms with van der Waals surface area (Å²) in [5.41, 5.74) is 1.84. The first-order valence-electron chi connectivity index (χ1n) is 8.81. The Labute approximate surface area is 143 Å². The smallest absolute Gasteiger partial charge is 0.257 e. The summed E-state index contributed by atoms with van der Waals surface area (Å²) in [6, 6.07) is 0. The van der Waals surface area contributed by atoms with Crippen LogP contribution in [0, 0.1) is 12.8 Å². The number of aryl methyl sites for hydroxylation is 2. The lowest BCUT2D eigenvalue weighted by molar-refractivity contribution is -0.125. The Morgan fingerprint density at radius 2 is 1.92 bits per heavy atom. The standard InChI is InChI=1S/C18H27N3O3/c1-12-16(14-6-4-5-7-15(14)24-12)18(23)21-9-8-20(3)10-13(11-21)17(22)19-2/h13H,4-11H2,1-3H3,(H,19,22)/t13-/m0/s1. The summed E-state index contributed by atoms with van der Waals surface area (Å²) in [6.45, 7) is 4.43. The molecule has 1 aliphatic heterocycles. The van der Waals surface area contributed by atoms with Gasteiger partial charge in [0.05, 0.1) is 11.5 Å². The summed E-state index contributed by atoms with van der Waals surface area (Å²) in [5, 5.41) is 2.72. The molecule has 1 N–H and O–H groups in total. The molecule has 2 amide bonds. The maximum atomic E-state index is 13.2. The van der Waals surface area contributed by atoms with E-state index in [1.807, 2.05) is 18.9 Å². The third kappa shape index (κ3) is 3.20. The number of amides is 2. The van der Waals surface area contributed by atoms with E-state index in [1.165, 1.54) is 0 Å². The minimum Gasteiger partial charge on any atom is -0.465 e. The van der Waals surface area contributed by atoms with E-state index in [2.05, 4.69) is 10.2 Å². The van der Waals surface area contributed by atoms with Crippen molar-refractivity contribution in [1.29, 1.82) is 0 Å². The van der Waals surface area contributed by atoms with Gasteiger partial charge in [-0.25, -0.2) is 0 Å². The minimum atomic E-state index is -0.200. The molecule has 1 aliphatic carbocycles. The highest BCUT2D eigenvalue weighted by Crippen LogP contribution is 2.30. The molecule has 2 heterocycles. The first-order chi connectivity index (χ1) is 11.5. The van der Waals surface area contributed by atoms with Crippen molar-refractivity contribution in [3.05, 3.63) is 22.6 Å². The summed E-state index contributed by atoms with van der Waals surface area (Å²) >= 11 is 0. The van der Waals surface area contributed by atoms with Crippen molar-refractivity contribution < 1.29 is 14.0 Å². The van der Waals surface area contributed by atoms with E-state index in [1.54, 1.807) is 7.05 Å². The molecule has 132 valence electrons. The lowest BCUT2D eigenvalue weighted by Gasteiger charge is -2.24. The van der Waals surface area contributed by atoms with Gasteiger partial charge in [0.1, 0.15) is 11.5 Å². The number of fused-ring (bicyclic) bond motifs is 1. The summed E-state index contributed by atoms with van der Waals surface area (Å²) in [7, 11) is 3.64. The highest BCUT2D eigenvalue weighted by Gasteiger charge is 2.32. The first-order valence-corrected chi connectivity index (χ1v) is 8.81. The number of hydrogen-bond donors (Lipinski definition) is 1. The Kier molecular flexibility index (Phi) is 4.94. The molecule has 0 unspecified atom stereocenters. The Morgan fingerprint density at radius 1 is 1.17 bits per heavy atom. The summed E-state index contributed by atoms with van der Waals surface area (Å²) in [6.07, 6.45) is 4.07. The van der Waals surface area contributed by atoms with Crippen LogP contribution in [0.25, 0.3) is 0 Å². The zero-order valence-corrected chi connectivity index (χ0v) is 14.9. The van der Waals surface area contributed by atoms with Crippen molar-refractivity contribution in [2.75, 3.05) is 40.3 Å². The number of carbonyl (C=O) groups excluding carboxylic acids is 2. The predicted octanol–water partition coefficient (Wildman–Crippen LogP) is 1.22. The maximum absolute atomic E-state index is 13.2. The molecule has 0 spiro atoms. The van der Waals surface area contributed by atoms with Crippen LogP contribution in [0.5, 0.6) is 0 Å². The molecule has 1 aromatic heterocycles. The van der Waals surface area contributed by atoms with Crippen molar-refractivity contribution in [1.82, 2.24) is 15.1 Å². The molecule has 1 saturated heterocycles. The quantitative estimate of drug-likeness (QED) is 0.884. The van der Waals surface area contributed by atoms with Gasteiger partial charge in [-0.3, -0.25) is 9.59 Å². The van der Waals surface area contributed by atoms with E-state index in [4.69, 9.17) is 4.42 Å². The Balaban J connectivity index is 1.86. The number of furan rings is 1. The van der Waals surface area contributed by atoms with Gasteiger partial charge in [-0.2, -0.15) is 0 Å². The van der Waals surface area contributed by atoms with Crippen LogP contribution in [0.3, 0.4) is 0 Å². The van der Waals surface area contributed by atoms with Gasteiger partial charge < -0.3 is 19.5 Å². The van der Waals surface area contributed by atoms with Crippen LogP contribution >= 0.6 is 0 Å². The van der Waals surface area contributed by atoms with Crippen molar-refractivity contribution in [3.8, 4) is 0 Å². The molecule has 0 aromatic carbocycles. The number of hydrogen-bond acceptors (Lipinski definition) is 4. The monoisotopic (exact) mass is 333 g/mol. The van der Waals surface area contributed by atoms with Crippen molar-refractivity contribution >= 4 is 11.8 Å². The van der Waals surface area contributed by atoms with Crippen LogP contribution < -0.4 is 5.32 Å². The zero-order valence-electron chi connectivity index (χ0n) is 14.9. The molecule has 0 radical (unpaired) electrons. The van der Waals surface area contributed by atoms with Crippen molar-refractivity contribution in [3.63, 3.8) is 0 Å². The van der Waals surface area contributed by atoms with Gasteiger partial charge >= 0.3 is 0 Å². The second kappa shape index (κ2) is 6.97. The second-order valence-electron chi connectivity index (χ2n) is 6.97. The number of nitrogens with zero attached hydrogens (tertiary/aromatic N) is 2. The molecular formula is C18H27N3O3. The molecule has 0 saturated carbocycles. The molecule has 6 nitrogen and oxygen atoms in total. The van der Waals surface area contributed by atoms with Crippen molar-refractivity contribution in [2.45, 2.75) is 32.6 Å². The third-order valence-electron chi connectivity index (χ3n) is 5.19. The fraction of sp³-hybridized carbons (Fsp3) is 0.667. The average molecular weight is 333 g/mol. The van der Waals surface area contributed by atoms with Gasteiger partial charge in [-0.05, 0) is 33.2 Å². The summed E-state index contributed by atoms with van der Waals surface area (Å²) in [5.74, 6) is 1.52. The van der Waals surface area contributed by atoms with Gasteiger partial charge in [0.25, 0.3) is 5.91 Å². The van der Waals surface area contributed by atoms with E-state index in [0.29, 0.717) is 19.6 Å². The average Bonchev–Trinajstić information content (AvgIpc) is 2.78. The maximum Gasteiger partial charge on any atom is 0.257 e. The van der Waals surface area contributed by atoms with E-state index >= 15 is 0 Å². The highest BCUT2D eigenvalue weighted by atomic mass is 16.3. The molecule has 2 aliphatic rings. The van der Waals surface area contributed by atoms with Crippen LogP contribution in [0.2, 0.25) is 0 Å². The number of likely N-dealkylation sites (N-methyl/N-ethyl adjacent to an activating group) is 1. The SMILES string of the molecule is CNC(=O)[C@H]1CN(C)CCN(C(=O)c2c(C)oc3c2CCCC3)C1. The molecule has 1 atom stereocenters. The Morgan fingerprint density at radius 3 is 2.67 bits per heavy atom. The fourth-order valence-corrected chi connectivity index (χ4v) is 3.87. The molecule has 1 fully saturated rings. The lowest BCUT2D eigenvalue weighted by atomic mass is 9.94. The Hall–Kier alpha value is -1.82. The zero-order chi connectivity index (χ0) is 17.3. The van der Waals surface area contributed by atoms with Gasteiger partial charge in [0.15, 0.2) is 0 Å². The van der Waals surface area contributed by atoms with Gasteiger partial charge in [-0.15, -0.1) is 0 Å². The van der Waals surface area contributed by atoms with E-state index in [-0.39, 0.29) is 17.7 Å². The lowest BCUT2D eigenvalue weighted by Crippen LogP contribution is -2.41. The predicted molar refractivity (Wildman–Crippen MR) is 91.0 cm³/mol. The molecular weight excluding hydrogens is 306 g/mol. The van der Waals surface area contributed by atoms with Crippen LogP contribution in [0.15, 0.2) is 4.42 Å². The first kappa shape index (κ1) is 17.0. The molecule has 3 rings (SSSR count). The Bertz CT molecular complexity index is 638. The molecule has 24 heavy (non-hydrogen) atoms. The van der Waals surface area contributed by atoms with Crippen molar-refractivity contribution in [2.24, 2.45) is 5.92 Å². The normalized spacial score (nSPS) is 22.0. The molecule has 1 aromatic rings. The number of carbonyl (C=O) groups is 2. The fourth-order valence-electron chi connectivity index (χ4n) is 3.87. The number of nitrogens with one attached hydrogen (secondary N) is 1.